The minimum Gasteiger partial charge on any atom is -0.475 e. The maximum Gasteiger partial charge on any atom is 0.490 e. The van der Waals surface area contributed by atoms with Crippen molar-refractivity contribution in [3.05, 3.63) is 34.9 Å². The van der Waals surface area contributed by atoms with Gasteiger partial charge in [0.1, 0.15) is 0 Å². The zero-order chi connectivity index (χ0) is 25.7. The number of ether oxygens (including phenoxy) is 1. The van der Waals surface area contributed by atoms with Gasteiger partial charge in [-0.15, -0.1) is 0 Å². The van der Waals surface area contributed by atoms with Crippen LogP contribution in [0.4, 0.5) is 13.2 Å². The van der Waals surface area contributed by atoms with Crippen molar-refractivity contribution in [2.45, 2.75) is 39.0 Å². The third-order valence-electron chi connectivity index (χ3n) is 4.71. The van der Waals surface area contributed by atoms with Crippen LogP contribution in [0.25, 0.3) is 0 Å². The number of aliphatic carboxylic acids is 1. The van der Waals surface area contributed by atoms with Crippen molar-refractivity contribution in [2.75, 3.05) is 45.9 Å². The number of hydrogen-bond acceptors (Lipinski definition) is 5. The van der Waals surface area contributed by atoms with Crippen molar-refractivity contribution in [3.63, 3.8) is 0 Å². The summed E-state index contributed by atoms with van der Waals surface area (Å²) in [4.78, 5) is 37.8. The lowest BCUT2D eigenvalue weighted by molar-refractivity contribution is -0.192. The summed E-state index contributed by atoms with van der Waals surface area (Å²) in [5.41, 5.74) is 0.582. The number of nitrogens with zero attached hydrogens (tertiary/aromatic N) is 2. The highest BCUT2D eigenvalue weighted by atomic mass is 35.5. The number of carboxylic acids is 1. The molecule has 192 valence electrons. The molecular weight excluding hydrogens is 479 g/mol. The van der Waals surface area contributed by atoms with Crippen LogP contribution in [0.5, 0.6) is 0 Å². The average Bonchev–Trinajstić information content (AvgIpc) is 2.78. The van der Waals surface area contributed by atoms with Crippen molar-refractivity contribution in [2.24, 2.45) is 0 Å². The molecule has 1 fully saturated rings. The summed E-state index contributed by atoms with van der Waals surface area (Å²) in [5, 5.41) is 11.0. The van der Waals surface area contributed by atoms with Crippen LogP contribution < -0.4 is 5.32 Å². The predicted octanol–water partition coefficient (Wildman–Crippen LogP) is 3.05. The van der Waals surface area contributed by atoms with Crippen molar-refractivity contribution >= 4 is 29.4 Å². The standard InChI is InChI=1S/C20H30ClN3O3.C2HF3O2/c1-16(2)27-15-3-11-24(20(26)17-4-6-18(21)7-5-17)12-8-19(25)23-13-9-22-10-14-23;3-2(4,5)1(6)7/h4-7,16,22H,3,8-15H2,1-2H3;(H,6,7). The molecule has 0 atom stereocenters. The van der Waals surface area contributed by atoms with Crippen LogP contribution in [-0.4, -0.2) is 90.8 Å². The first-order chi connectivity index (χ1) is 15.9. The normalized spacial score (nSPS) is 13.8. The number of carboxylic acid groups (broad SMARTS) is 1. The van der Waals surface area contributed by atoms with Crippen LogP contribution in [0.15, 0.2) is 24.3 Å². The maximum absolute atomic E-state index is 12.9. The van der Waals surface area contributed by atoms with E-state index in [2.05, 4.69) is 5.32 Å². The molecule has 0 unspecified atom stereocenters. The van der Waals surface area contributed by atoms with Gasteiger partial charge >= 0.3 is 12.1 Å². The highest BCUT2D eigenvalue weighted by molar-refractivity contribution is 6.30. The molecule has 0 spiro atoms. The van der Waals surface area contributed by atoms with Crippen molar-refractivity contribution in [3.8, 4) is 0 Å². The molecule has 0 aliphatic carbocycles. The molecule has 0 aromatic heterocycles. The number of carbonyl (C=O) groups excluding carboxylic acids is 2. The van der Waals surface area contributed by atoms with Gasteiger partial charge in [-0.05, 0) is 44.5 Å². The third kappa shape index (κ3) is 11.7. The van der Waals surface area contributed by atoms with Crippen LogP contribution in [0.1, 0.15) is 37.0 Å². The number of hydrogen-bond donors (Lipinski definition) is 2. The van der Waals surface area contributed by atoms with Gasteiger partial charge in [0.2, 0.25) is 5.91 Å². The Bertz CT molecular complexity index is 785. The first-order valence-corrected chi connectivity index (χ1v) is 11.2. The van der Waals surface area contributed by atoms with E-state index in [4.69, 9.17) is 26.2 Å². The first kappa shape index (κ1) is 29.7. The molecule has 1 heterocycles. The number of amides is 2. The highest BCUT2D eigenvalue weighted by Crippen LogP contribution is 2.14. The zero-order valence-corrected chi connectivity index (χ0v) is 20.0. The molecule has 0 saturated carbocycles. The van der Waals surface area contributed by atoms with E-state index >= 15 is 0 Å². The Balaban J connectivity index is 0.000000718. The van der Waals surface area contributed by atoms with E-state index in [-0.39, 0.29) is 17.9 Å². The predicted molar refractivity (Wildman–Crippen MR) is 121 cm³/mol. The van der Waals surface area contributed by atoms with E-state index in [1.165, 1.54) is 0 Å². The Hall–Kier alpha value is -2.37. The molecular formula is C22H31ClF3N3O5. The van der Waals surface area contributed by atoms with E-state index in [1.807, 2.05) is 18.7 Å². The fourth-order valence-electron chi connectivity index (χ4n) is 2.97. The zero-order valence-electron chi connectivity index (χ0n) is 19.2. The van der Waals surface area contributed by atoms with Crippen LogP contribution in [-0.2, 0) is 14.3 Å². The SMILES string of the molecule is CC(C)OCCCN(CCC(=O)N1CCNCC1)C(=O)c1ccc(Cl)cc1.O=C(O)C(F)(F)F. The number of alkyl halides is 3. The van der Waals surface area contributed by atoms with Gasteiger partial charge < -0.3 is 25.0 Å². The molecule has 1 aliphatic rings. The molecule has 8 nitrogen and oxygen atoms in total. The molecule has 2 rings (SSSR count). The fraction of sp³-hybridized carbons (Fsp3) is 0.591. The van der Waals surface area contributed by atoms with Crippen molar-refractivity contribution in [1.82, 2.24) is 15.1 Å². The lowest BCUT2D eigenvalue weighted by atomic mass is 10.2. The fourth-order valence-corrected chi connectivity index (χ4v) is 3.09. The topological polar surface area (TPSA) is 99.2 Å². The van der Waals surface area contributed by atoms with Crippen molar-refractivity contribution in [1.29, 1.82) is 0 Å². The molecule has 2 amide bonds. The van der Waals surface area contributed by atoms with Gasteiger partial charge in [0.15, 0.2) is 0 Å². The molecule has 0 bridgehead atoms. The second-order valence-corrected chi connectivity index (χ2v) is 8.19. The van der Waals surface area contributed by atoms with Crippen LogP contribution in [0, 0.1) is 0 Å². The van der Waals surface area contributed by atoms with Crippen molar-refractivity contribution < 1.29 is 37.4 Å². The molecule has 1 saturated heterocycles. The van der Waals surface area contributed by atoms with E-state index in [0.717, 1.165) is 32.6 Å². The number of rotatable bonds is 9. The summed E-state index contributed by atoms with van der Waals surface area (Å²) in [6.07, 6.45) is -3.84. The largest absolute Gasteiger partial charge is 0.490 e. The lowest BCUT2D eigenvalue weighted by Crippen LogP contribution is -2.47. The van der Waals surface area contributed by atoms with Gasteiger partial charge in [0.05, 0.1) is 6.10 Å². The number of nitrogens with one attached hydrogen (secondary N) is 1. The Morgan fingerprint density at radius 1 is 1.15 bits per heavy atom. The minimum atomic E-state index is -5.08. The number of piperazine rings is 1. The van der Waals surface area contributed by atoms with Gasteiger partial charge in [-0.1, -0.05) is 11.6 Å². The first-order valence-electron chi connectivity index (χ1n) is 10.9. The van der Waals surface area contributed by atoms with E-state index in [0.29, 0.717) is 36.7 Å². The Morgan fingerprint density at radius 2 is 1.71 bits per heavy atom. The van der Waals surface area contributed by atoms with Crippen LogP contribution in [0.3, 0.4) is 0 Å². The second kappa shape index (κ2) is 14.8. The van der Waals surface area contributed by atoms with Gasteiger partial charge in [0.25, 0.3) is 5.91 Å². The molecule has 1 aromatic rings. The average molecular weight is 510 g/mol. The van der Waals surface area contributed by atoms with Crippen LogP contribution in [0.2, 0.25) is 5.02 Å². The van der Waals surface area contributed by atoms with E-state index < -0.39 is 12.1 Å². The summed E-state index contributed by atoms with van der Waals surface area (Å²) < 4.78 is 37.3. The van der Waals surface area contributed by atoms with Gasteiger partial charge in [-0.25, -0.2) is 4.79 Å². The molecule has 12 heteroatoms. The molecule has 1 aliphatic heterocycles. The quantitative estimate of drug-likeness (QED) is 0.496. The number of halogens is 4. The molecule has 2 N–H and O–H groups in total. The summed E-state index contributed by atoms with van der Waals surface area (Å²) >= 11 is 5.92. The maximum atomic E-state index is 12.9. The summed E-state index contributed by atoms with van der Waals surface area (Å²) in [5.74, 6) is -2.74. The van der Waals surface area contributed by atoms with E-state index in [1.54, 1.807) is 29.2 Å². The highest BCUT2D eigenvalue weighted by Gasteiger charge is 2.38. The van der Waals surface area contributed by atoms with E-state index in [9.17, 15) is 22.8 Å². The Labute approximate surface area is 202 Å². The molecule has 0 radical (unpaired) electrons. The Morgan fingerprint density at radius 3 is 2.21 bits per heavy atom. The second-order valence-electron chi connectivity index (χ2n) is 7.76. The van der Waals surface area contributed by atoms with Gasteiger partial charge in [0, 0.05) is 62.9 Å². The summed E-state index contributed by atoms with van der Waals surface area (Å²) in [7, 11) is 0. The summed E-state index contributed by atoms with van der Waals surface area (Å²) in [6.45, 7) is 8.64. The Kier molecular flexibility index (Phi) is 12.9. The molecule has 1 aromatic carbocycles. The summed E-state index contributed by atoms with van der Waals surface area (Å²) in [6, 6.07) is 6.86. The number of carbonyl (C=O) groups is 3. The lowest BCUT2D eigenvalue weighted by Gasteiger charge is -2.29. The third-order valence-corrected chi connectivity index (χ3v) is 4.96. The minimum absolute atomic E-state index is 0.0793. The monoisotopic (exact) mass is 509 g/mol. The molecule has 34 heavy (non-hydrogen) atoms. The van der Waals surface area contributed by atoms with Gasteiger partial charge in [-0.2, -0.15) is 13.2 Å². The van der Waals surface area contributed by atoms with Crippen LogP contribution >= 0.6 is 11.6 Å². The number of benzene rings is 1. The van der Waals surface area contributed by atoms with Gasteiger partial charge in [-0.3, -0.25) is 9.59 Å². The smallest absolute Gasteiger partial charge is 0.475 e.